The summed E-state index contributed by atoms with van der Waals surface area (Å²) in [5.74, 6) is -2.45. The average Bonchev–Trinajstić information content (AvgIpc) is 3.05. The van der Waals surface area contributed by atoms with E-state index in [1.807, 2.05) is 25.8 Å². The van der Waals surface area contributed by atoms with Gasteiger partial charge in [0, 0.05) is 45.7 Å². The van der Waals surface area contributed by atoms with Crippen molar-refractivity contribution >= 4 is 29.7 Å². The van der Waals surface area contributed by atoms with E-state index in [-0.39, 0.29) is 43.8 Å². The van der Waals surface area contributed by atoms with Crippen LogP contribution in [0.3, 0.4) is 0 Å². The van der Waals surface area contributed by atoms with Crippen LogP contribution in [0.15, 0.2) is 0 Å². The molecule has 0 aromatic carbocycles. The second-order valence-corrected chi connectivity index (χ2v) is 8.69. The molecule has 33 heavy (non-hydrogen) atoms. The Morgan fingerprint density at radius 3 is 2.21 bits per heavy atom. The zero-order valence-electron chi connectivity index (χ0n) is 19.9. The van der Waals surface area contributed by atoms with E-state index in [4.69, 9.17) is 19.0 Å². The molecule has 0 radical (unpaired) electrons. The van der Waals surface area contributed by atoms with Gasteiger partial charge < -0.3 is 23.9 Å². The number of carbonyl (C=O) groups excluding carboxylic acids is 5. The molecule has 2 aliphatic heterocycles. The van der Waals surface area contributed by atoms with Gasteiger partial charge in [-0.1, -0.05) is 13.8 Å². The lowest BCUT2D eigenvalue weighted by molar-refractivity contribution is -0.206. The molecule has 0 bridgehead atoms. The molecule has 186 valence electrons. The Morgan fingerprint density at radius 2 is 1.64 bits per heavy atom. The van der Waals surface area contributed by atoms with Gasteiger partial charge in [-0.05, 0) is 19.4 Å². The zero-order chi connectivity index (χ0) is 24.7. The molecule has 2 aliphatic rings. The Bertz CT molecular complexity index is 740. The first-order chi connectivity index (χ1) is 15.5. The van der Waals surface area contributed by atoms with E-state index in [2.05, 4.69) is 0 Å². The van der Waals surface area contributed by atoms with Gasteiger partial charge in [0.05, 0.1) is 12.5 Å². The number of hydroxylamine groups is 2. The summed E-state index contributed by atoms with van der Waals surface area (Å²) in [4.78, 5) is 64.7. The van der Waals surface area contributed by atoms with Crippen molar-refractivity contribution in [2.24, 2.45) is 11.8 Å². The molecule has 2 rings (SSSR count). The number of imide groups is 1. The monoisotopic (exact) mass is 470 g/mol. The van der Waals surface area contributed by atoms with Gasteiger partial charge in [0.25, 0.3) is 11.8 Å². The predicted molar refractivity (Wildman–Crippen MR) is 113 cm³/mol. The molecule has 2 heterocycles. The first-order valence-electron chi connectivity index (χ1n) is 11.2. The minimum atomic E-state index is -0.646. The summed E-state index contributed by atoms with van der Waals surface area (Å²) < 4.78 is 16.7. The molecule has 11 heteroatoms. The Balaban J connectivity index is 1.84. The van der Waals surface area contributed by atoms with Crippen molar-refractivity contribution in [2.45, 2.75) is 71.7 Å². The molecule has 2 saturated heterocycles. The molecule has 0 saturated carbocycles. The average molecular weight is 471 g/mol. The van der Waals surface area contributed by atoms with Crippen LogP contribution < -0.4 is 0 Å². The number of hydrogen-bond acceptors (Lipinski definition) is 10. The van der Waals surface area contributed by atoms with Crippen molar-refractivity contribution in [3.05, 3.63) is 0 Å². The topological polar surface area (TPSA) is 129 Å². The summed E-state index contributed by atoms with van der Waals surface area (Å²) in [6, 6.07) is 0. The van der Waals surface area contributed by atoms with Crippen LogP contribution in [0.5, 0.6) is 0 Å². The van der Waals surface area contributed by atoms with E-state index in [1.165, 1.54) is 13.8 Å². The molecular formula is C22H34N2O9. The van der Waals surface area contributed by atoms with Crippen molar-refractivity contribution in [3.63, 3.8) is 0 Å². The van der Waals surface area contributed by atoms with E-state index in [0.717, 1.165) is 0 Å². The predicted octanol–water partition coefficient (Wildman–Crippen LogP) is 0.840. The van der Waals surface area contributed by atoms with Crippen LogP contribution in [-0.4, -0.2) is 84.7 Å². The standard InChI is InChI=1S/C22H34N2O9/c1-13-14(2)22(31-16(4)26)18(12-30-15(3)25)32-17(13)8-10-23(5)11-9-21(29)33-24-19(27)6-7-20(24)28/h13-14,17-18,22H,6-12H2,1-5H3/t13?,14-,17?,18?,22-/m1/s1. The molecule has 11 nitrogen and oxygen atoms in total. The van der Waals surface area contributed by atoms with Crippen LogP contribution in [0.1, 0.15) is 53.4 Å². The van der Waals surface area contributed by atoms with Gasteiger partial charge in [-0.2, -0.15) is 0 Å². The third-order valence-electron chi connectivity index (χ3n) is 6.09. The SMILES string of the molecule is CC(=O)OCC1OC(CCN(C)CCC(=O)ON2C(=O)CCC2=O)C(C)[C@@H](C)[C@H]1OC(C)=O. The van der Waals surface area contributed by atoms with Crippen molar-refractivity contribution in [1.82, 2.24) is 9.96 Å². The third kappa shape index (κ3) is 7.78. The summed E-state index contributed by atoms with van der Waals surface area (Å²) in [5.41, 5.74) is 0. The van der Waals surface area contributed by atoms with Crippen LogP contribution in [0, 0.1) is 11.8 Å². The highest BCUT2D eigenvalue weighted by Gasteiger charge is 2.43. The van der Waals surface area contributed by atoms with Crippen LogP contribution in [-0.2, 0) is 43.0 Å². The van der Waals surface area contributed by atoms with Gasteiger partial charge >= 0.3 is 17.9 Å². The molecule has 5 atom stereocenters. The van der Waals surface area contributed by atoms with E-state index in [0.29, 0.717) is 24.6 Å². The summed E-state index contributed by atoms with van der Waals surface area (Å²) in [5, 5.41) is 0.546. The molecule has 0 aliphatic carbocycles. The highest BCUT2D eigenvalue weighted by atomic mass is 16.7. The molecule has 2 amide bonds. The lowest BCUT2D eigenvalue weighted by Crippen LogP contribution is -2.53. The van der Waals surface area contributed by atoms with Gasteiger partial charge in [-0.25, -0.2) is 4.79 Å². The summed E-state index contributed by atoms with van der Waals surface area (Å²) in [6.07, 6.45) is -0.470. The summed E-state index contributed by atoms with van der Waals surface area (Å²) in [6.45, 7) is 7.62. The first-order valence-corrected chi connectivity index (χ1v) is 11.2. The van der Waals surface area contributed by atoms with Crippen LogP contribution >= 0.6 is 0 Å². The normalized spacial score (nSPS) is 27.6. The van der Waals surface area contributed by atoms with Crippen molar-refractivity contribution < 1.29 is 43.0 Å². The maximum atomic E-state index is 12.0. The maximum absolute atomic E-state index is 12.0. The lowest BCUT2D eigenvalue weighted by Gasteiger charge is -2.44. The zero-order valence-corrected chi connectivity index (χ0v) is 19.9. The smallest absolute Gasteiger partial charge is 0.334 e. The molecule has 0 aromatic rings. The number of ether oxygens (including phenoxy) is 3. The second kappa shape index (κ2) is 12.1. The molecule has 0 aromatic heterocycles. The minimum absolute atomic E-state index is 0.00351. The Labute approximate surface area is 193 Å². The number of nitrogens with zero attached hydrogens (tertiary/aromatic N) is 2. The summed E-state index contributed by atoms with van der Waals surface area (Å²) >= 11 is 0. The maximum Gasteiger partial charge on any atom is 0.334 e. The van der Waals surface area contributed by atoms with Gasteiger partial charge in [0.1, 0.15) is 18.8 Å². The lowest BCUT2D eigenvalue weighted by atomic mass is 9.80. The van der Waals surface area contributed by atoms with Crippen molar-refractivity contribution in [3.8, 4) is 0 Å². The fraction of sp³-hybridized carbons (Fsp3) is 0.773. The second-order valence-electron chi connectivity index (χ2n) is 8.69. The van der Waals surface area contributed by atoms with Gasteiger partial charge in [0.15, 0.2) is 0 Å². The first kappa shape index (κ1) is 26.7. The Morgan fingerprint density at radius 1 is 1.00 bits per heavy atom. The number of carbonyl (C=O) groups is 5. The van der Waals surface area contributed by atoms with Gasteiger partial charge in [0.2, 0.25) is 0 Å². The van der Waals surface area contributed by atoms with Crippen molar-refractivity contribution in [2.75, 3.05) is 26.7 Å². The Hall–Kier alpha value is -2.53. The molecular weight excluding hydrogens is 436 g/mol. The largest absolute Gasteiger partial charge is 0.463 e. The van der Waals surface area contributed by atoms with Crippen LogP contribution in [0.4, 0.5) is 0 Å². The van der Waals surface area contributed by atoms with Crippen LogP contribution in [0.25, 0.3) is 0 Å². The molecule has 2 fully saturated rings. The van der Waals surface area contributed by atoms with Crippen molar-refractivity contribution in [1.29, 1.82) is 0 Å². The number of esters is 2. The fourth-order valence-corrected chi connectivity index (χ4v) is 3.99. The molecule has 0 spiro atoms. The quantitative estimate of drug-likeness (QED) is 0.334. The van der Waals surface area contributed by atoms with Gasteiger partial charge in [-0.15, -0.1) is 5.06 Å². The van der Waals surface area contributed by atoms with E-state index in [1.54, 1.807) is 0 Å². The number of hydrogen-bond donors (Lipinski definition) is 0. The van der Waals surface area contributed by atoms with Gasteiger partial charge in [-0.3, -0.25) is 19.2 Å². The summed E-state index contributed by atoms with van der Waals surface area (Å²) in [7, 11) is 1.84. The molecule has 3 unspecified atom stereocenters. The van der Waals surface area contributed by atoms with E-state index in [9.17, 15) is 24.0 Å². The van der Waals surface area contributed by atoms with Crippen LogP contribution in [0.2, 0.25) is 0 Å². The van der Waals surface area contributed by atoms with E-state index >= 15 is 0 Å². The molecule has 0 N–H and O–H groups in total. The minimum Gasteiger partial charge on any atom is -0.463 e. The highest BCUT2D eigenvalue weighted by molar-refractivity contribution is 6.01. The Kier molecular flexibility index (Phi) is 9.78. The number of amides is 2. The highest BCUT2D eigenvalue weighted by Crippen LogP contribution is 2.34. The fourth-order valence-electron chi connectivity index (χ4n) is 3.99. The third-order valence-corrected chi connectivity index (χ3v) is 6.09. The number of rotatable bonds is 10. The van der Waals surface area contributed by atoms with E-state index < -0.39 is 41.9 Å².